The van der Waals surface area contributed by atoms with Crippen LogP contribution in [-0.2, 0) is 4.79 Å². The Morgan fingerprint density at radius 1 is 1.22 bits per heavy atom. The van der Waals surface area contributed by atoms with E-state index >= 15 is 0 Å². The molecule has 1 saturated carbocycles. The van der Waals surface area contributed by atoms with Crippen molar-refractivity contribution in [2.45, 2.75) is 37.8 Å². The van der Waals surface area contributed by atoms with Crippen LogP contribution < -0.4 is 11.1 Å². The first kappa shape index (κ1) is 13.0. The zero-order valence-electron chi connectivity index (χ0n) is 9.96. The SMILES string of the molecule is NC(=O)C(NC1CCCC1)c1cc(F)cc(F)c1. The number of carbonyl (C=O) groups excluding carboxylic acids is 1. The van der Waals surface area contributed by atoms with Gasteiger partial charge < -0.3 is 5.73 Å². The summed E-state index contributed by atoms with van der Waals surface area (Å²) >= 11 is 0. The lowest BCUT2D eigenvalue weighted by atomic mass is 10.0. The van der Waals surface area contributed by atoms with Gasteiger partial charge in [0.05, 0.1) is 0 Å². The molecule has 3 N–H and O–H groups in total. The molecule has 0 radical (unpaired) electrons. The number of primary amides is 1. The van der Waals surface area contributed by atoms with Crippen LogP contribution in [-0.4, -0.2) is 11.9 Å². The predicted octanol–water partition coefficient (Wildman–Crippen LogP) is 2.02. The minimum atomic E-state index is -0.835. The van der Waals surface area contributed by atoms with E-state index in [1.54, 1.807) is 0 Å². The van der Waals surface area contributed by atoms with Gasteiger partial charge in [0.15, 0.2) is 0 Å². The van der Waals surface area contributed by atoms with Gasteiger partial charge in [0, 0.05) is 12.1 Å². The average molecular weight is 254 g/mol. The van der Waals surface area contributed by atoms with Gasteiger partial charge in [-0.3, -0.25) is 10.1 Å². The molecule has 2 rings (SSSR count). The summed E-state index contributed by atoms with van der Waals surface area (Å²) in [6.45, 7) is 0. The first-order valence-corrected chi connectivity index (χ1v) is 6.07. The van der Waals surface area contributed by atoms with Crippen LogP contribution in [0.15, 0.2) is 18.2 Å². The van der Waals surface area contributed by atoms with Crippen molar-refractivity contribution in [2.75, 3.05) is 0 Å². The standard InChI is InChI=1S/C13H16F2N2O/c14-9-5-8(6-10(15)7-9)12(13(16)18)17-11-3-1-2-4-11/h5-7,11-12,17H,1-4H2,(H2,16,18). The van der Waals surface area contributed by atoms with Crippen LogP contribution >= 0.6 is 0 Å². The molecule has 0 aromatic heterocycles. The number of nitrogens with two attached hydrogens (primary N) is 1. The Kier molecular flexibility index (Phi) is 3.91. The molecule has 5 heteroatoms. The predicted molar refractivity (Wildman–Crippen MR) is 63.7 cm³/mol. The Morgan fingerprint density at radius 2 is 1.78 bits per heavy atom. The van der Waals surface area contributed by atoms with Gasteiger partial charge in [-0.15, -0.1) is 0 Å². The molecule has 18 heavy (non-hydrogen) atoms. The van der Waals surface area contributed by atoms with Crippen molar-refractivity contribution in [1.82, 2.24) is 5.32 Å². The second-order valence-electron chi connectivity index (χ2n) is 4.69. The number of amides is 1. The zero-order chi connectivity index (χ0) is 13.1. The minimum Gasteiger partial charge on any atom is -0.368 e. The van der Waals surface area contributed by atoms with Crippen molar-refractivity contribution >= 4 is 5.91 Å². The summed E-state index contributed by atoms with van der Waals surface area (Å²) < 4.78 is 26.3. The molecule has 1 aliphatic carbocycles. The molecule has 1 aromatic carbocycles. The van der Waals surface area contributed by atoms with Gasteiger partial charge >= 0.3 is 0 Å². The van der Waals surface area contributed by atoms with Gasteiger partial charge in [0.25, 0.3) is 0 Å². The highest BCUT2D eigenvalue weighted by Gasteiger charge is 2.24. The molecule has 1 atom stereocenters. The maximum Gasteiger partial charge on any atom is 0.239 e. The molecular formula is C13H16F2N2O. The summed E-state index contributed by atoms with van der Waals surface area (Å²) in [5.74, 6) is -2.03. The van der Waals surface area contributed by atoms with Crippen LogP contribution in [0, 0.1) is 11.6 Å². The summed E-state index contributed by atoms with van der Waals surface area (Å²) in [6.07, 6.45) is 4.12. The number of halogens is 2. The third-order valence-corrected chi connectivity index (χ3v) is 3.26. The maximum atomic E-state index is 13.1. The molecule has 0 bridgehead atoms. The van der Waals surface area contributed by atoms with Crippen LogP contribution in [0.1, 0.15) is 37.3 Å². The van der Waals surface area contributed by atoms with Crippen LogP contribution in [0.5, 0.6) is 0 Å². The molecule has 0 saturated heterocycles. The Bertz CT molecular complexity index is 424. The van der Waals surface area contributed by atoms with E-state index in [4.69, 9.17) is 5.73 Å². The fourth-order valence-electron chi connectivity index (χ4n) is 2.41. The van der Waals surface area contributed by atoms with Gasteiger partial charge in [-0.05, 0) is 30.5 Å². The molecule has 0 aliphatic heterocycles. The monoisotopic (exact) mass is 254 g/mol. The van der Waals surface area contributed by atoms with Crippen molar-refractivity contribution in [3.05, 3.63) is 35.4 Å². The Morgan fingerprint density at radius 3 is 2.28 bits per heavy atom. The van der Waals surface area contributed by atoms with Crippen molar-refractivity contribution in [1.29, 1.82) is 0 Å². The molecule has 1 fully saturated rings. The average Bonchev–Trinajstić information content (AvgIpc) is 2.76. The minimum absolute atomic E-state index is 0.189. The molecule has 3 nitrogen and oxygen atoms in total. The lowest BCUT2D eigenvalue weighted by Crippen LogP contribution is -2.39. The Hall–Kier alpha value is -1.49. The highest BCUT2D eigenvalue weighted by molar-refractivity contribution is 5.81. The quantitative estimate of drug-likeness (QED) is 0.863. The number of carbonyl (C=O) groups is 1. The molecular weight excluding hydrogens is 238 g/mol. The smallest absolute Gasteiger partial charge is 0.239 e. The van der Waals surface area contributed by atoms with Gasteiger partial charge in [-0.25, -0.2) is 8.78 Å². The van der Waals surface area contributed by atoms with E-state index in [0.29, 0.717) is 0 Å². The maximum absolute atomic E-state index is 13.1. The van der Waals surface area contributed by atoms with E-state index in [2.05, 4.69) is 5.32 Å². The second-order valence-corrected chi connectivity index (χ2v) is 4.69. The first-order valence-electron chi connectivity index (χ1n) is 6.07. The lowest BCUT2D eigenvalue weighted by molar-refractivity contribution is -0.120. The summed E-state index contributed by atoms with van der Waals surface area (Å²) in [4.78, 5) is 11.4. The number of nitrogens with one attached hydrogen (secondary N) is 1. The third-order valence-electron chi connectivity index (χ3n) is 3.26. The van der Waals surface area contributed by atoms with Crippen LogP contribution in [0.4, 0.5) is 8.78 Å². The molecule has 1 unspecified atom stereocenters. The van der Waals surface area contributed by atoms with E-state index in [1.807, 2.05) is 0 Å². The van der Waals surface area contributed by atoms with Gasteiger partial charge in [-0.2, -0.15) is 0 Å². The molecule has 0 spiro atoms. The van der Waals surface area contributed by atoms with Gasteiger partial charge in [0.2, 0.25) is 5.91 Å². The zero-order valence-corrected chi connectivity index (χ0v) is 9.96. The van der Waals surface area contributed by atoms with Crippen LogP contribution in [0.3, 0.4) is 0 Å². The van der Waals surface area contributed by atoms with E-state index in [9.17, 15) is 13.6 Å². The van der Waals surface area contributed by atoms with Crippen molar-refractivity contribution in [3.8, 4) is 0 Å². The Labute approximate surface area is 104 Å². The number of hydrogen-bond donors (Lipinski definition) is 2. The van der Waals surface area contributed by atoms with Crippen LogP contribution in [0.2, 0.25) is 0 Å². The molecule has 98 valence electrons. The van der Waals surface area contributed by atoms with E-state index in [-0.39, 0.29) is 11.6 Å². The Balaban J connectivity index is 2.20. The fourth-order valence-corrected chi connectivity index (χ4v) is 2.41. The summed E-state index contributed by atoms with van der Waals surface area (Å²) in [6, 6.07) is 2.41. The summed E-state index contributed by atoms with van der Waals surface area (Å²) in [5.41, 5.74) is 5.54. The second kappa shape index (κ2) is 5.44. The first-order chi connectivity index (χ1) is 8.56. The van der Waals surface area contributed by atoms with Crippen molar-refractivity contribution in [2.24, 2.45) is 5.73 Å². The molecule has 1 aliphatic rings. The molecule has 1 amide bonds. The molecule has 1 aromatic rings. The summed E-state index contributed by atoms with van der Waals surface area (Å²) in [7, 11) is 0. The van der Waals surface area contributed by atoms with Crippen LogP contribution in [0.25, 0.3) is 0 Å². The van der Waals surface area contributed by atoms with Gasteiger partial charge in [-0.1, -0.05) is 12.8 Å². The highest BCUT2D eigenvalue weighted by atomic mass is 19.1. The lowest BCUT2D eigenvalue weighted by Gasteiger charge is -2.20. The third kappa shape index (κ3) is 3.04. The largest absolute Gasteiger partial charge is 0.368 e. The number of hydrogen-bond acceptors (Lipinski definition) is 2. The van der Waals surface area contributed by atoms with E-state index in [0.717, 1.165) is 43.9 Å². The van der Waals surface area contributed by atoms with Crippen molar-refractivity contribution in [3.63, 3.8) is 0 Å². The topological polar surface area (TPSA) is 55.1 Å². The summed E-state index contributed by atoms with van der Waals surface area (Å²) in [5, 5.41) is 3.08. The highest BCUT2D eigenvalue weighted by Crippen LogP contribution is 2.23. The molecule has 0 heterocycles. The number of rotatable bonds is 4. The normalized spacial score (nSPS) is 17.9. The fraction of sp³-hybridized carbons (Fsp3) is 0.462. The van der Waals surface area contributed by atoms with E-state index < -0.39 is 23.6 Å². The number of benzene rings is 1. The van der Waals surface area contributed by atoms with E-state index in [1.165, 1.54) is 0 Å². The van der Waals surface area contributed by atoms with Crippen molar-refractivity contribution < 1.29 is 13.6 Å². The van der Waals surface area contributed by atoms with Gasteiger partial charge in [0.1, 0.15) is 17.7 Å².